The Morgan fingerprint density at radius 2 is 2.07 bits per heavy atom. The van der Waals surface area contributed by atoms with Gasteiger partial charge in [-0.05, 0) is 18.9 Å². The highest BCUT2D eigenvalue weighted by Crippen LogP contribution is 2.39. The zero-order valence-electron chi connectivity index (χ0n) is 15.1. The number of aromatic nitrogens is 5. The number of amides is 1. The molecule has 29 heavy (non-hydrogen) atoms. The van der Waals surface area contributed by atoms with Crippen LogP contribution in [0.15, 0.2) is 36.8 Å². The molecular weight excluding hydrogens is 376 g/mol. The summed E-state index contributed by atoms with van der Waals surface area (Å²) < 4.78 is 3.15. The van der Waals surface area contributed by atoms with Gasteiger partial charge < -0.3 is 15.5 Å². The van der Waals surface area contributed by atoms with Crippen LogP contribution in [0.3, 0.4) is 0 Å². The largest absolute Gasteiger partial charge is 0.505 e. The number of benzene rings is 1. The summed E-state index contributed by atoms with van der Waals surface area (Å²) in [5, 5.41) is 31.7. The predicted octanol–water partition coefficient (Wildman–Crippen LogP) is 1.60. The van der Waals surface area contributed by atoms with E-state index < -0.39 is 18.4 Å². The van der Waals surface area contributed by atoms with E-state index in [2.05, 4.69) is 20.5 Å². The van der Waals surface area contributed by atoms with Gasteiger partial charge in [0.05, 0.1) is 11.7 Å². The molecule has 1 fully saturated rings. The Morgan fingerprint density at radius 3 is 2.83 bits per heavy atom. The molecule has 3 aromatic heterocycles. The van der Waals surface area contributed by atoms with Crippen LogP contribution >= 0.6 is 0 Å². The van der Waals surface area contributed by atoms with E-state index in [0.29, 0.717) is 22.5 Å². The molecule has 0 unspecified atom stereocenters. The second-order valence-corrected chi connectivity index (χ2v) is 6.91. The van der Waals surface area contributed by atoms with E-state index in [0.717, 1.165) is 24.1 Å². The van der Waals surface area contributed by atoms with Gasteiger partial charge in [-0.15, -0.1) is 0 Å². The van der Waals surface area contributed by atoms with Crippen LogP contribution in [0.25, 0.3) is 27.7 Å². The van der Waals surface area contributed by atoms with Crippen molar-refractivity contribution >= 4 is 28.3 Å². The summed E-state index contributed by atoms with van der Waals surface area (Å²) in [6, 6.07) is 7.66. The minimum absolute atomic E-state index is 0.174. The van der Waals surface area contributed by atoms with Crippen LogP contribution in [0.4, 0.5) is 0 Å². The highest BCUT2D eigenvalue weighted by Gasteiger charge is 2.26. The number of rotatable bonds is 5. The zero-order chi connectivity index (χ0) is 20.1. The molecule has 0 radical (unpaired) electrons. The molecule has 10 heteroatoms. The van der Waals surface area contributed by atoms with Gasteiger partial charge in [-0.25, -0.2) is 9.50 Å². The summed E-state index contributed by atoms with van der Waals surface area (Å²) in [5.41, 5.74) is 1.68. The van der Waals surface area contributed by atoms with Crippen LogP contribution in [-0.4, -0.2) is 53.0 Å². The molecule has 146 valence electrons. The minimum atomic E-state index is -1.19. The second-order valence-electron chi connectivity index (χ2n) is 6.91. The Kier molecular flexibility index (Phi) is 3.73. The summed E-state index contributed by atoms with van der Waals surface area (Å²) >= 11 is 0. The fraction of sp³-hybridized carbons (Fsp3) is 0.211. The Labute approximate surface area is 163 Å². The summed E-state index contributed by atoms with van der Waals surface area (Å²) in [6.45, 7) is -0.578. The molecule has 1 saturated carbocycles. The molecule has 3 heterocycles. The van der Waals surface area contributed by atoms with Gasteiger partial charge >= 0.3 is 5.97 Å². The number of carboxylic acids is 1. The van der Waals surface area contributed by atoms with E-state index in [1.54, 1.807) is 12.1 Å². The lowest BCUT2D eigenvalue weighted by Gasteiger charge is -2.12. The molecule has 0 aliphatic heterocycles. The van der Waals surface area contributed by atoms with Crippen molar-refractivity contribution in [1.82, 2.24) is 29.7 Å². The molecule has 0 saturated heterocycles. The van der Waals surface area contributed by atoms with Gasteiger partial charge in [-0.2, -0.15) is 10.2 Å². The first-order valence-electron chi connectivity index (χ1n) is 9.07. The molecule has 1 aliphatic rings. The average Bonchev–Trinajstić information content (AvgIpc) is 3.24. The number of pyridine rings is 1. The standard InChI is InChI=1S/C19H16N6O4/c26-14(27)8-20-19(29)16-17(28)12-3-1-2-11(15(12)18-21-9-22-25(16)18)13-6-7-24(23-13)10-4-5-10/h1-3,6-7,9-10,28H,4-5,8H2,(H,20,29)(H,26,27). The van der Waals surface area contributed by atoms with Gasteiger partial charge in [0.15, 0.2) is 17.1 Å². The molecule has 1 amide bonds. The summed E-state index contributed by atoms with van der Waals surface area (Å²) in [7, 11) is 0. The van der Waals surface area contributed by atoms with E-state index in [9.17, 15) is 14.7 Å². The number of aromatic hydroxyl groups is 1. The van der Waals surface area contributed by atoms with E-state index >= 15 is 0 Å². The quantitative estimate of drug-likeness (QED) is 0.469. The van der Waals surface area contributed by atoms with Crippen LogP contribution < -0.4 is 5.32 Å². The smallest absolute Gasteiger partial charge is 0.322 e. The third kappa shape index (κ3) is 2.76. The molecule has 1 aliphatic carbocycles. The normalized spacial score (nSPS) is 13.8. The highest BCUT2D eigenvalue weighted by atomic mass is 16.4. The fourth-order valence-corrected chi connectivity index (χ4v) is 3.47. The summed E-state index contributed by atoms with van der Waals surface area (Å²) in [4.78, 5) is 27.6. The number of carbonyl (C=O) groups is 2. The van der Waals surface area contributed by atoms with Crippen molar-refractivity contribution in [2.75, 3.05) is 6.54 Å². The number of carbonyl (C=O) groups excluding carboxylic acids is 1. The molecule has 1 aromatic carbocycles. The van der Waals surface area contributed by atoms with Gasteiger partial charge in [0, 0.05) is 22.5 Å². The van der Waals surface area contributed by atoms with Gasteiger partial charge in [0.25, 0.3) is 5.91 Å². The number of nitrogens with zero attached hydrogens (tertiary/aromatic N) is 5. The number of nitrogens with one attached hydrogen (secondary N) is 1. The molecule has 5 rings (SSSR count). The average molecular weight is 392 g/mol. The lowest BCUT2D eigenvalue weighted by molar-refractivity contribution is -0.135. The van der Waals surface area contributed by atoms with E-state index in [-0.39, 0.29) is 11.4 Å². The first kappa shape index (κ1) is 17.2. The number of fused-ring (bicyclic) bond motifs is 3. The van der Waals surface area contributed by atoms with Gasteiger partial charge in [-0.3, -0.25) is 14.3 Å². The van der Waals surface area contributed by atoms with Crippen LogP contribution in [0.2, 0.25) is 0 Å². The molecule has 3 N–H and O–H groups in total. The van der Waals surface area contributed by atoms with Crippen molar-refractivity contribution in [1.29, 1.82) is 0 Å². The zero-order valence-corrected chi connectivity index (χ0v) is 15.1. The third-order valence-corrected chi connectivity index (χ3v) is 4.95. The van der Waals surface area contributed by atoms with E-state index in [1.807, 2.05) is 23.0 Å². The lowest BCUT2D eigenvalue weighted by Crippen LogP contribution is -2.31. The van der Waals surface area contributed by atoms with Gasteiger partial charge in [0.1, 0.15) is 12.9 Å². The van der Waals surface area contributed by atoms with Crippen molar-refractivity contribution in [2.45, 2.75) is 18.9 Å². The van der Waals surface area contributed by atoms with Crippen LogP contribution in [0.5, 0.6) is 5.75 Å². The molecule has 10 nitrogen and oxygen atoms in total. The minimum Gasteiger partial charge on any atom is -0.505 e. The SMILES string of the molecule is O=C(O)CNC(=O)c1c(O)c2cccc(-c3ccn(C4CC4)n3)c2c2ncnn12. The Hall–Kier alpha value is -3.95. The third-order valence-electron chi connectivity index (χ3n) is 4.95. The number of hydrogen-bond donors (Lipinski definition) is 3. The maximum atomic E-state index is 12.5. The first-order valence-corrected chi connectivity index (χ1v) is 9.07. The maximum Gasteiger partial charge on any atom is 0.322 e. The topological polar surface area (TPSA) is 135 Å². The van der Waals surface area contributed by atoms with E-state index in [1.165, 1.54) is 10.8 Å². The Morgan fingerprint density at radius 1 is 1.24 bits per heavy atom. The molecular formula is C19H16N6O4. The van der Waals surface area contributed by atoms with Crippen molar-refractivity contribution in [3.8, 4) is 17.0 Å². The predicted molar refractivity (Wildman–Crippen MR) is 102 cm³/mol. The van der Waals surface area contributed by atoms with Crippen molar-refractivity contribution in [2.24, 2.45) is 0 Å². The Bertz CT molecular complexity index is 1290. The first-order chi connectivity index (χ1) is 14.0. The van der Waals surface area contributed by atoms with Crippen LogP contribution in [0, 0.1) is 0 Å². The summed E-state index contributed by atoms with van der Waals surface area (Å²) in [6.07, 6.45) is 5.43. The highest BCUT2D eigenvalue weighted by molar-refractivity contribution is 6.11. The molecule has 0 spiro atoms. The van der Waals surface area contributed by atoms with Crippen molar-refractivity contribution < 1.29 is 19.8 Å². The van der Waals surface area contributed by atoms with Crippen molar-refractivity contribution in [3.05, 3.63) is 42.5 Å². The molecule has 4 aromatic rings. The number of aliphatic carboxylic acids is 1. The lowest BCUT2D eigenvalue weighted by atomic mass is 10.0. The summed E-state index contributed by atoms with van der Waals surface area (Å²) in [5.74, 6) is -2.25. The van der Waals surface area contributed by atoms with Gasteiger partial charge in [-0.1, -0.05) is 18.2 Å². The maximum absolute atomic E-state index is 12.5. The fourth-order valence-electron chi connectivity index (χ4n) is 3.47. The number of carboxylic acid groups (broad SMARTS) is 1. The van der Waals surface area contributed by atoms with Crippen molar-refractivity contribution in [3.63, 3.8) is 0 Å². The number of hydrogen-bond acceptors (Lipinski definition) is 6. The monoisotopic (exact) mass is 392 g/mol. The van der Waals surface area contributed by atoms with E-state index in [4.69, 9.17) is 5.11 Å². The van der Waals surface area contributed by atoms with Gasteiger partial charge in [0.2, 0.25) is 0 Å². The van der Waals surface area contributed by atoms with Crippen LogP contribution in [0.1, 0.15) is 29.4 Å². The molecule has 0 bridgehead atoms. The van der Waals surface area contributed by atoms with Crippen LogP contribution in [-0.2, 0) is 4.79 Å². The second kappa shape index (κ2) is 6.30. The molecule has 0 atom stereocenters. The Balaban J connectivity index is 1.72.